The highest BCUT2D eigenvalue weighted by Crippen LogP contribution is 2.28. The number of nitrogens with zero attached hydrogens (tertiary/aromatic N) is 4. The Kier molecular flexibility index (Phi) is 5.83. The maximum Gasteiger partial charge on any atom is 0.419 e. The zero-order chi connectivity index (χ0) is 21.3. The third kappa shape index (κ3) is 4.21. The van der Waals surface area contributed by atoms with Gasteiger partial charge < -0.3 is 9.32 Å². The van der Waals surface area contributed by atoms with Crippen LogP contribution in [0.25, 0.3) is 11.1 Å². The van der Waals surface area contributed by atoms with Crippen molar-refractivity contribution >= 4 is 34.0 Å². The number of non-ortho nitro benzene ring substituents is 1. The molecule has 0 bridgehead atoms. The number of nitro benzene ring substituents is 1. The molecule has 154 valence electrons. The van der Waals surface area contributed by atoms with Gasteiger partial charge in [0.2, 0.25) is 5.91 Å². The molecule has 0 fully saturated rings. The summed E-state index contributed by atoms with van der Waals surface area (Å²) in [6.07, 6.45) is 0.714. The molecule has 0 saturated carbocycles. The monoisotopic (exact) mass is 418 g/mol. The average molecular weight is 418 g/mol. The Hall–Kier alpha value is -3.01. The van der Waals surface area contributed by atoms with Crippen LogP contribution in [-0.4, -0.2) is 32.3 Å². The van der Waals surface area contributed by atoms with Gasteiger partial charge in [-0.15, -0.1) is 11.3 Å². The maximum atomic E-state index is 12.6. The predicted molar refractivity (Wildman–Crippen MR) is 109 cm³/mol. The van der Waals surface area contributed by atoms with Crippen molar-refractivity contribution in [3.63, 3.8) is 0 Å². The molecular formula is C19H22N4O5S. The second kappa shape index (κ2) is 8.16. The van der Waals surface area contributed by atoms with E-state index in [0.717, 1.165) is 15.6 Å². The number of thiazole rings is 1. The van der Waals surface area contributed by atoms with Crippen molar-refractivity contribution in [3.8, 4) is 0 Å². The molecule has 29 heavy (non-hydrogen) atoms. The van der Waals surface area contributed by atoms with E-state index in [1.54, 1.807) is 23.3 Å². The van der Waals surface area contributed by atoms with E-state index < -0.39 is 10.7 Å². The van der Waals surface area contributed by atoms with Gasteiger partial charge in [-0.25, -0.2) is 9.78 Å². The minimum atomic E-state index is -0.592. The van der Waals surface area contributed by atoms with E-state index in [0.29, 0.717) is 11.9 Å². The van der Waals surface area contributed by atoms with E-state index in [1.165, 1.54) is 22.8 Å². The smallest absolute Gasteiger partial charge is 0.407 e. The summed E-state index contributed by atoms with van der Waals surface area (Å²) in [5, 5.41) is 11.8. The summed E-state index contributed by atoms with van der Waals surface area (Å²) < 4.78 is 6.50. The van der Waals surface area contributed by atoms with Gasteiger partial charge in [-0.2, -0.15) is 0 Å². The number of hydrogen-bond acceptors (Lipinski definition) is 7. The number of aromatic nitrogens is 2. The first kappa shape index (κ1) is 20.7. The highest BCUT2D eigenvalue weighted by atomic mass is 32.1. The van der Waals surface area contributed by atoms with Crippen LogP contribution in [0.2, 0.25) is 0 Å². The van der Waals surface area contributed by atoms with Crippen LogP contribution >= 0.6 is 11.3 Å². The molecule has 0 radical (unpaired) electrons. The zero-order valence-electron chi connectivity index (χ0n) is 16.7. The fourth-order valence-corrected chi connectivity index (χ4v) is 4.29. The number of hydrogen-bond donors (Lipinski definition) is 0. The highest BCUT2D eigenvalue weighted by Gasteiger charge is 2.21. The third-order valence-electron chi connectivity index (χ3n) is 4.93. The molecular weight excluding hydrogens is 396 g/mol. The van der Waals surface area contributed by atoms with Gasteiger partial charge in [-0.05, 0) is 33.3 Å². The van der Waals surface area contributed by atoms with Crippen LogP contribution in [0, 0.1) is 24.0 Å². The first-order chi connectivity index (χ1) is 13.7. The van der Waals surface area contributed by atoms with Crippen LogP contribution in [0.15, 0.2) is 27.4 Å². The number of oxazole rings is 1. The van der Waals surface area contributed by atoms with E-state index in [2.05, 4.69) is 4.98 Å². The van der Waals surface area contributed by atoms with Crippen molar-refractivity contribution in [1.29, 1.82) is 0 Å². The van der Waals surface area contributed by atoms with Crippen LogP contribution in [0.3, 0.4) is 0 Å². The third-order valence-corrected chi connectivity index (χ3v) is 6.17. The number of rotatable bonds is 7. The van der Waals surface area contributed by atoms with Gasteiger partial charge in [-0.3, -0.25) is 19.5 Å². The maximum absolute atomic E-state index is 12.6. The number of nitro groups is 1. The molecule has 3 rings (SSSR count). The molecule has 0 aliphatic carbocycles. The lowest BCUT2D eigenvalue weighted by atomic mass is 10.2. The lowest BCUT2D eigenvalue weighted by Gasteiger charge is -2.24. The standard InChI is InChI=1S/C19H22N4O5S/c1-11-18(29-13(3)20-11)12(2)21(4)17(24)6-5-9-22-15-8-7-14(23(26)27)10-16(15)28-19(22)25/h7-8,10,12H,5-6,9H2,1-4H3. The molecule has 1 aromatic carbocycles. The molecule has 0 spiro atoms. The molecule has 3 aromatic rings. The van der Waals surface area contributed by atoms with Gasteiger partial charge in [0.05, 0.1) is 33.2 Å². The van der Waals surface area contributed by atoms with Gasteiger partial charge in [0, 0.05) is 31.0 Å². The summed E-state index contributed by atoms with van der Waals surface area (Å²) in [5.74, 6) is -0.620. The molecule has 10 heteroatoms. The Morgan fingerprint density at radius 1 is 1.41 bits per heavy atom. The van der Waals surface area contributed by atoms with E-state index in [1.807, 2.05) is 20.8 Å². The molecule has 0 aliphatic heterocycles. The van der Waals surface area contributed by atoms with Crippen LogP contribution in [0.4, 0.5) is 5.69 Å². The van der Waals surface area contributed by atoms with Crippen molar-refractivity contribution in [2.45, 2.75) is 46.2 Å². The second-order valence-corrected chi connectivity index (χ2v) is 8.13. The second-order valence-electron chi connectivity index (χ2n) is 6.90. The van der Waals surface area contributed by atoms with Gasteiger partial charge in [0.15, 0.2) is 5.58 Å². The normalized spacial score (nSPS) is 12.3. The Morgan fingerprint density at radius 2 is 2.14 bits per heavy atom. The molecule has 1 amide bonds. The lowest BCUT2D eigenvalue weighted by molar-refractivity contribution is -0.384. The first-order valence-electron chi connectivity index (χ1n) is 9.16. The zero-order valence-corrected chi connectivity index (χ0v) is 17.5. The van der Waals surface area contributed by atoms with Crippen LogP contribution in [0.1, 0.15) is 41.4 Å². The van der Waals surface area contributed by atoms with Gasteiger partial charge in [-0.1, -0.05) is 0 Å². The van der Waals surface area contributed by atoms with Crippen LogP contribution in [0.5, 0.6) is 0 Å². The molecule has 9 nitrogen and oxygen atoms in total. The number of fused-ring (bicyclic) bond motifs is 1. The minimum absolute atomic E-state index is 0.0283. The summed E-state index contributed by atoms with van der Waals surface area (Å²) in [5.41, 5.74) is 1.44. The van der Waals surface area contributed by atoms with Gasteiger partial charge >= 0.3 is 5.76 Å². The quantitative estimate of drug-likeness (QED) is 0.428. The van der Waals surface area contributed by atoms with Crippen molar-refractivity contribution < 1.29 is 14.1 Å². The van der Waals surface area contributed by atoms with Crippen molar-refractivity contribution in [1.82, 2.24) is 14.5 Å². The fraction of sp³-hybridized carbons (Fsp3) is 0.421. The number of amides is 1. The number of aryl methyl sites for hydroxylation is 3. The first-order valence-corrected chi connectivity index (χ1v) is 9.98. The number of benzene rings is 1. The van der Waals surface area contributed by atoms with Crippen molar-refractivity contribution in [3.05, 3.63) is 54.4 Å². The minimum Gasteiger partial charge on any atom is -0.407 e. The Morgan fingerprint density at radius 3 is 2.76 bits per heavy atom. The summed E-state index contributed by atoms with van der Waals surface area (Å²) in [6, 6.07) is 3.97. The van der Waals surface area contributed by atoms with Gasteiger partial charge in [0.1, 0.15) is 0 Å². The van der Waals surface area contributed by atoms with Crippen LogP contribution < -0.4 is 5.76 Å². The highest BCUT2D eigenvalue weighted by molar-refractivity contribution is 7.11. The largest absolute Gasteiger partial charge is 0.419 e. The molecule has 2 heterocycles. The summed E-state index contributed by atoms with van der Waals surface area (Å²) in [6.45, 7) is 6.14. The van der Waals surface area contributed by atoms with E-state index in [4.69, 9.17) is 4.42 Å². The predicted octanol–water partition coefficient (Wildman–Crippen LogP) is 3.58. The van der Waals surface area contributed by atoms with Crippen LogP contribution in [-0.2, 0) is 11.3 Å². The lowest BCUT2D eigenvalue weighted by Crippen LogP contribution is -2.29. The molecule has 2 aromatic heterocycles. The van der Waals surface area contributed by atoms with Crippen molar-refractivity contribution in [2.75, 3.05) is 7.05 Å². The van der Waals surface area contributed by atoms with Gasteiger partial charge in [0.25, 0.3) is 5.69 Å². The Labute approximate surface area is 170 Å². The molecule has 0 aliphatic rings. The summed E-state index contributed by atoms with van der Waals surface area (Å²) >= 11 is 1.59. The SMILES string of the molecule is Cc1nc(C)c(C(C)N(C)C(=O)CCCn2c(=O)oc3cc([N+](=O)[O-])ccc32)s1. The average Bonchev–Trinajstić information content (AvgIpc) is 3.17. The number of carbonyl (C=O) groups excluding carboxylic acids is 1. The van der Waals surface area contributed by atoms with E-state index in [9.17, 15) is 19.7 Å². The topological polar surface area (TPSA) is 111 Å². The van der Waals surface area contributed by atoms with E-state index in [-0.39, 0.29) is 36.2 Å². The summed E-state index contributed by atoms with van der Waals surface area (Å²) in [4.78, 5) is 42.2. The Balaban J connectivity index is 1.65. The van der Waals surface area contributed by atoms with Crippen molar-refractivity contribution in [2.24, 2.45) is 0 Å². The molecule has 1 unspecified atom stereocenters. The number of carbonyl (C=O) groups is 1. The molecule has 1 atom stereocenters. The van der Waals surface area contributed by atoms with E-state index >= 15 is 0 Å². The molecule has 0 saturated heterocycles. The summed E-state index contributed by atoms with van der Waals surface area (Å²) in [7, 11) is 1.76. The fourth-order valence-electron chi connectivity index (χ4n) is 3.27. The molecule has 0 N–H and O–H groups in total. The Bertz CT molecular complexity index is 1130.